The molecule has 466 valence electrons. The molecule has 21 nitrogen and oxygen atoms in total. The molecule has 7 atom stereocenters. The van der Waals surface area contributed by atoms with Gasteiger partial charge < -0.3 is 51.2 Å². The minimum atomic E-state index is -5.06. The SMILES string of the molecule is Cc1ncsc1-c1ccc([C@H](C)NC(=O)[C@@H]2C[C@@H](O)CN2C(=O)[C@@H](NC(=O)CCCCCc2cc(OC[C@H](CCC(N)=O)NC(=O)[C@@H]3Cc4cccc5c4N3C(=O)[C@@H](CC(=O)c3cc4cc(C(=O)P(=O)(O)O)ccc4[nH]3)CC5)ccc2F)C(C)(C)C)cc1. The van der Waals surface area contributed by atoms with Gasteiger partial charge in [0, 0.05) is 61.0 Å². The summed E-state index contributed by atoms with van der Waals surface area (Å²) in [5, 5.41) is 20.0. The largest absolute Gasteiger partial charge is 0.491 e. The van der Waals surface area contributed by atoms with Gasteiger partial charge in [-0.2, -0.15) is 0 Å². The number of rotatable bonds is 25. The third kappa shape index (κ3) is 15.1. The normalized spacial score (nSPS) is 18.5. The van der Waals surface area contributed by atoms with Crippen molar-refractivity contribution in [2.24, 2.45) is 17.1 Å². The number of aliphatic hydroxyl groups is 1. The molecule has 1 saturated heterocycles. The number of hydrogen-bond donors (Lipinski definition) is 8. The molecule has 3 aliphatic rings. The number of H-pyrrole nitrogens is 1. The molecule has 9 N–H and O–H groups in total. The van der Waals surface area contributed by atoms with E-state index in [4.69, 9.17) is 10.5 Å². The van der Waals surface area contributed by atoms with Gasteiger partial charge in [-0.25, -0.2) is 9.37 Å². The molecule has 0 aliphatic carbocycles. The number of nitrogens with two attached hydrogens (primary N) is 1. The topological polar surface area (TPSA) is 321 Å². The summed E-state index contributed by atoms with van der Waals surface area (Å²) in [5.74, 6) is -4.30. The van der Waals surface area contributed by atoms with Crippen LogP contribution in [0.5, 0.6) is 5.75 Å². The first kappa shape index (κ1) is 64.5. The smallest absolute Gasteiger partial charge is 0.396 e. The highest BCUT2D eigenvalue weighted by Gasteiger charge is 2.46. The number of Topliss-reactive ketones (excluding diaryl/α,β-unsaturated/α-hetero) is 1. The number of β-amino-alcohol motifs (C(OH)–C–C–N with tert-alkyl or cyclic N) is 1. The number of thiazole rings is 1. The van der Waals surface area contributed by atoms with Crippen molar-refractivity contribution in [3.8, 4) is 16.2 Å². The molecule has 0 bridgehead atoms. The first-order chi connectivity index (χ1) is 41.7. The van der Waals surface area contributed by atoms with Crippen LogP contribution in [0.2, 0.25) is 0 Å². The number of carbonyl (C=O) groups is 8. The van der Waals surface area contributed by atoms with E-state index in [-0.39, 0.29) is 74.6 Å². The van der Waals surface area contributed by atoms with Crippen LogP contribution in [0.3, 0.4) is 0 Å². The van der Waals surface area contributed by atoms with E-state index < -0.39 is 102 Å². The van der Waals surface area contributed by atoms with Gasteiger partial charge in [0.2, 0.25) is 35.4 Å². The molecule has 5 heterocycles. The Bertz CT molecular complexity index is 3710. The zero-order valence-electron chi connectivity index (χ0n) is 49.7. The summed E-state index contributed by atoms with van der Waals surface area (Å²) >= 11 is 1.55. The Morgan fingerprint density at radius 1 is 0.909 bits per heavy atom. The van der Waals surface area contributed by atoms with Gasteiger partial charge >= 0.3 is 7.60 Å². The monoisotopic (exact) mass is 1240 g/mol. The van der Waals surface area contributed by atoms with Crippen molar-refractivity contribution in [2.45, 2.75) is 148 Å². The van der Waals surface area contributed by atoms with E-state index in [1.54, 1.807) is 22.9 Å². The molecule has 4 aromatic carbocycles. The predicted molar refractivity (Wildman–Crippen MR) is 328 cm³/mol. The van der Waals surface area contributed by atoms with E-state index in [0.717, 1.165) is 32.8 Å². The average molecular weight is 1250 g/mol. The number of carbonyl (C=O) groups excluding carboxylic acids is 8. The van der Waals surface area contributed by atoms with E-state index >= 15 is 4.39 Å². The van der Waals surface area contributed by atoms with Crippen molar-refractivity contribution >= 4 is 82.3 Å². The fourth-order valence-electron chi connectivity index (χ4n) is 11.9. The predicted octanol–water partition coefficient (Wildman–Crippen LogP) is 7.45. The molecule has 2 aromatic heterocycles. The second kappa shape index (κ2) is 27.2. The summed E-state index contributed by atoms with van der Waals surface area (Å²) < 4.78 is 33.1. The lowest BCUT2D eigenvalue weighted by molar-refractivity contribution is -0.144. The molecule has 1 fully saturated rings. The number of nitrogens with one attached hydrogen (secondary N) is 4. The number of aromatic amines is 1. The lowest BCUT2D eigenvalue weighted by Crippen LogP contribution is -2.57. The van der Waals surface area contributed by atoms with Crippen LogP contribution in [-0.4, -0.2) is 120 Å². The van der Waals surface area contributed by atoms with Gasteiger partial charge in [0.15, 0.2) is 5.78 Å². The van der Waals surface area contributed by atoms with Crippen LogP contribution >= 0.6 is 18.9 Å². The maximum Gasteiger partial charge on any atom is 0.396 e. The number of halogens is 1. The maximum atomic E-state index is 15.3. The van der Waals surface area contributed by atoms with Crippen molar-refractivity contribution in [1.82, 2.24) is 30.8 Å². The molecule has 3 aliphatic heterocycles. The number of benzene rings is 4. The molecule has 0 saturated carbocycles. The number of likely N-dealkylation sites (tertiary alicyclic amines) is 1. The van der Waals surface area contributed by atoms with Gasteiger partial charge in [-0.05, 0) is 128 Å². The summed E-state index contributed by atoms with van der Waals surface area (Å²) in [6.07, 6.45) is 1.57. The number of fused-ring (bicyclic) bond motifs is 1. The Labute approximate surface area is 512 Å². The fourth-order valence-corrected chi connectivity index (χ4v) is 13.2. The number of primary amides is 1. The number of ketones is 1. The summed E-state index contributed by atoms with van der Waals surface area (Å²) in [6, 6.07) is 18.9. The van der Waals surface area contributed by atoms with Crippen molar-refractivity contribution in [1.29, 1.82) is 0 Å². The van der Waals surface area contributed by atoms with E-state index in [2.05, 4.69) is 25.9 Å². The minimum absolute atomic E-state index is 0.0444. The molecule has 0 unspecified atom stereocenters. The second-order valence-electron chi connectivity index (χ2n) is 24.3. The molecular weight excluding hydrogens is 1170 g/mol. The van der Waals surface area contributed by atoms with Gasteiger partial charge in [-0.15, -0.1) is 11.3 Å². The number of hydrogen-bond acceptors (Lipinski definition) is 13. The van der Waals surface area contributed by atoms with Crippen LogP contribution in [0.25, 0.3) is 21.3 Å². The number of aliphatic hydroxyl groups excluding tert-OH is 1. The zero-order valence-corrected chi connectivity index (χ0v) is 51.4. The first-order valence-corrected chi connectivity index (χ1v) is 32.0. The Morgan fingerprint density at radius 2 is 1.65 bits per heavy atom. The number of anilines is 1. The van der Waals surface area contributed by atoms with Crippen molar-refractivity contribution in [3.63, 3.8) is 0 Å². The van der Waals surface area contributed by atoms with Crippen LogP contribution < -0.4 is 31.3 Å². The van der Waals surface area contributed by atoms with Crippen LogP contribution in [0.1, 0.15) is 140 Å². The number of ether oxygens (including phenoxy) is 1. The Morgan fingerprint density at radius 3 is 2.35 bits per heavy atom. The highest BCUT2D eigenvalue weighted by atomic mass is 32.1. The average Bonchev–Trinajstić information content (AvgIpc) is 1.67. The lowest BCUT2D eigenvalue weighted by Gasteiger charge is -2.35. The summed E-state index contributed by atoms with van der Waals surface area (Å²) in [7, 11) is -5.06. The van der Waals surface area contributed by atoms with Crippen LogP contribution in [-0.2, 0) is 52.6 Å². The van der Waals surface area contributed by atoms with Gasteiger partial charge in [-0.3, -0.25) is 47.8 Å². The number of aryl methyl sites for hydroxylation is 3. The molecule has 9 rings (SSSR count). The summed E-state index contributed by atoms with van der Waals surface area (Å²) in [6.45, 7) is 9.03. The van der Waals surface area contributed by atoms with Crippen LogP contribution in [0, 0.1) is 24.1 Å². The lowest BCUT2D eigenvalue weighted by atomic mass is 9.85. The number of aromatic nitrogens is 2. The standard InChI is InChI=1S/C64H74FN8O13PS/c1-35(37-14-17-39(18-15-37)57-36(2)67-34-88-57)68-59(78)51-31-46(74)32-72(51)62(81)58(64(3,4)5)71-55(77)13-8-6-7-10-40-27-47(22-23-48(40)65)86-33-45(21-25-54(66)76)69-60(79)52-29-41-12-9-11-38-16-19-42(61(80)73(52)56(38)41)30-53(75)50-28-44-26-43(20-24-49(44)70-50)63(82)87(83,84)85/h9,11-12,14-15,17-18,20,22-24,26-28,34-35,42,45-46,51-52,58,70,74H,6-8,10,13,16,19,21,25,29-33H2,1-5H3,(H2,66,76)(H,68,78)(H,69,79)(H,71,77)(H2,83,84,85)/t35-,42+,45-,46+,51-,52-,58+/m0/s1. The van der Waals surface area contributed by atoms with E-state index in [0.29, 0.717) is 60.7 Å². The number of amides is 6. The van der Waals surface area contributed by atoms with Crippen molar-refractivity contribution in [2.75, 3.05) is 18.1 Å². The summed E-state index contributed by atoms with van der Waals surface area (Å²) in [4.78, 5) is 139. The van der Waals surface area contributed by atoms with E-state index in [1.807, 2.05) is 77.1 Å². The van der Waals surface area contributed by atoms with Gasteiger partial charge in [0.05, 0.1) is 45.7 Å². The van der Waals surface area contributed by atoms with Gasteiger partial charge in [0.1, 0.15) is 36.3 Å². The number of para-hydroxylation sites is 1. The van der Waals surface area contributed by atoms with Gasteiger partial charge in [0.25, 0.3) is 5.52 Å². The van der Waals surface area contributed by atoms with E-state index in [9.17, 15) is 57.8 Å². The molecule has 6 aromatic rings. The first-order valence-electron chi connectivity index (χ1n) is 29.5. The quantitative estimate of drug-likeness (QED) is 0.0157. The molecular formula is C64H74FN8O13PS. The highest BCUT2D eigenvalue weighted by Crippen LogP contribution is 2.42. The Kier molecular flexibility index (Phi) is 19.9. The molecule has 6 amide bonds. The third-order valence-corrected chi connectivity index (χ3v) is 18.4. The Balaban J connectivity index is 0.768. The van der Waals surface area contributed by atoms with Gasteiger partial charge in [-0.1, -0.05) is 69.7 Å². The minimum Gasteiger partial charge on any atom is -0.491 e. The number of nitrogens with zero attached hydrogens (tertiary/aromatic N) is 3. The van der Waals surface area contributed by atoms with Crippen molar-refractivity contribution in [3.05, 3.63) is 135 Å². The highest BCUT2D eigenvalue weighted by molar-refractivity contribution is 7.70. The second-order valence-corrected chi connectivity index (χ2v) is 26.6. The van der Waals surface area contributed by atoms with Crippen molar-refractivity contribution < 1.29 is 66.9 Å². The maximum absolute atomic E-state index is 15.3. The molecule has 0 radical (unpaired) electrons. The van der Waals surface area contributed by atoms with E-state index in [1.165, 1.54) is 46.2 Å². The Hall–Kier alpha value is -7.95. The number of unbranched alkanes of at least 4 members (excludes halogenated alkanes) is 2. The molecule has 0 spiro atoms. The summed E-state index contributed by atoms with van der Waals surface area (Å²) in [5.41, 5.74) is 10.9. The fraction of sp³-hybridized carbons (Fsp3) is 0.422. The van der Waals surface area contributed by atoms with Crippen LogP contribution in [0.4, 0.5) is 10.1 Å². The zero-order chi connectivity index (χ0) is 63.4. The molecule has 24 heteroatoms. The molecule has 88 heavy (non-hydrogen) atoms. The third-order valence-electron chi connectivity index (χ3n) is 16.6. The van der Waals surface area contributed by atoms with Crippen LogP contribution in [0.15, 0.2) is 90.4 Å².